The number of ether oxygens (including phenoxy) is 1. The highest BCUT2D eigenvalue weighted by molar-refractivity contribution is 5.83. The number of amides is 1. The maximum atomic E-state index is 12.6. The SMILES string of the molecule is CC(C)(C)OC(=O)Nc1cc(F)ncn1. The molecule has 1 aromatic rings. The van der Waals surface area contributed by atoms with Crippen LogP contribution >= 0.6 is 0 Å². The largest absolute Gasteiger partial charge is 0.444 e. The zero-order chi connectivity index (χ0) is 11.5. The molecule has 0 unspecified atom stereocenters. The molecule has 0 saturated carbocycles. The number of rotatable bonds is 1. The minimum atomic E-state index is -0.712. The van der Waals surface area contributed by atoms with E-state index in [2.05, 4.69) is 15.3 Å². The number of hydrogen-bond donors (Lipinski definition) is 1. The molecule has 0 aliphatic carbocycles. The zero-order valence-electron chi connectivity index (χ0n) is 8.74. The molecule has 0 fully saturated rings. The monoisotopic (exact) mass is 213 g/mol. The maximum absolute atomic E-state index is 12.6. The molecule has 6 heteroatoms. The van der Waals surface area contributed by atoms with Gasteiger partial charge in [-0.3, -0.25) is 5.32 Å². The van der Waals surface area contributed by atoms with Gasteiger partial charge in [0.05, 0.1) is 0 Å². The molecule has 1 rings (SSSR count). The third-order valence-corrected chi connectivity index (χ3v) is 1.26. The normalized spacial score (nSPS) is 10.9. The summed E-state index contributed by atoms with van der Waals surface area (Å²) < 4.78 is 17.6. The van der Waals surface area contributed by atoms with E-state index >= 15 is 0 Å². The van der Waals surface area contributed by atoms with Gasteiger partial charge in [-0.1, -0.05) is 0 Å². The third-order valence-electron chi connectivity index (χ3n) is 1.26. The fraction of sp³-hybridized carbons (Fsp3) is 0.444. The van der Waals surface area contributed by atoms with Crippen molar-refractivity contribution >= 4 is 11.9 Å². The average Bonchev–Trinajstić information content (AvgIpc) is 1.99. The number of halogens is 1. The first-order valence-electron chi connectivity index (χ1n) is 4.34. The minimum Gasteiger partial charge on any atom is -0.444 e. The van der Waals surface area contributed by atoms with E-state index in [9.17, 15) is 9.18 Å². The molecule has 0 radical (unpaired) electrons. The Balaban J connectivity index is 2.59. The standard InChI is InChI=1S/C9H12FN3O2/c1-9(2,3)15-8(14)13-7-4-6(10)11-5-12-7/h4-5H,1-3H3,(H,11,12,13,14). The fourth-order valence-electron chi connectivity index (χ4n) is 0.810. The molecule has 0 aromatic carbocycles. The van der Waals surface area contributed by atoms with Gasteiger partial charge in [0, 0.05) is 6.07 Å². The van der Waals surface area contributed by atoms with Crippen LogP contribution < -0.4 is 5.32 Å². The molecule has 0 atom stereocenters. The van der Waals surface area contributed by atoms with Gasteiger partial charge in [-0.05, 0) is 20.8 Å². The Hall–Kier alpha value is -1.72. The zero-order valence-corrected chi connectivity index (χ0v) is 8.74. The van der Waals surface area contributed by atoms with Gasteiger partial charge in [-0.25, -0.2) is 14.8 Å². The molecule has 1 heterocycles. The van der Waals surface area contributed by atoms with E-state index in [0.29, 0.717) is 0 Å². The summed E-state index contributed by atoms with van der Waals surface area (Å²) >= 11 is 0. The van der Waals surface area contributed by atoms with Crippen molar-refractivity contribution in [3.8, 4) is 0 Å². The second-order valence-corrected chi connectivity index (χ2v) is 3.85. The summed E-state index contributed by atoms with van der Waals surface area (Å²) in [5.41, 5.74) is -0.602. The van der Waals surface area contributed by atoms with Crippen LogP contribution in [0, 0.1) is 5.95 Å². The summed E-state index contributed by atoms with van der Waals surface area (Å²) in [5.74, 6) is -0.646. The number of hydrogen-bond acceptors (Lipinski definition) is 4. The molecule has 0 aliphatic heterocycles. The Bertz CT molecular complexity index is 363. The number of nitrogens with one attached hydrogen (secondary N) is 1. The predicted octanol–water partition coefficient (Wildman–Crippen LogP) is 1.96. The highest BCUT2D eigenvalue weighted by atomic mass is 19.1. The van der Waals surface area contributed by atoms with E-state index in [4.69, 9.17) is 4.74 Å². The lowest BCUT2D eigenvalue weighted by Gasteiger charge is -2.19. The average molecular weight is 213 g/mol. The smallest absolute Gasteiger partial charge is 0.413 e. The van der Waals surface area contributed by atoms with Gasteiger partial charge in [0.2, 0.25) is 5.95 Å². The van der Waals surface area contributed by atoms with Crippen LogP contribution in [-0.2, 0) is 4.74 Å². The lowest BCUT2D eigenvalue weighted by molar-refractivity contribution is 0.0635. The Morgan fingerprint density at radius 2 is 2.13 bits per heavy atom. The van der Waals surface area contributed by atoms with Gasteiger partial charge in [0.25, 0.3) is 0 Å². The van der Waals surface area contributed by atoms with Gasteiger partial charge in [-0.15, -0.1) is 0 Å². The van der Waals surface area contributed by atoms with Crippen LogP contribution in [0.3, 0.4) is 0 Å². The summed E-state index contributed by atoms with van der Waals surface area (Å²) in [6.45, 7) is 5.19. The number of nitrogens with zero attached hydrogens (tertiary/aromatic N) is 2. The number of aromatic nitrogens is 2. The Kier molecular flexibility index (Phi) is 3.18. The molecule has 1 N–H and O–H groups in total. The van der Waals surface area contributed by atoms with E-state index in [1.807, 2.05) is 0 Å². The van der Waals surface area contributed by atoms with Crippen molar-refractivity contribution in [1.29, 1.82) is 0 Å². The number of carbonyl (C=O) groups excluding carboxylic acids is 1. The molecule has 15 heavy (non-hydrogen) atoms. The second kappa shape index (κ2) is 4.20. The van der Waals surface area contributed by atoms with E-state index in [1.54, 1.807) is 20.8 Å². The molecular formula is C9H12FN3O2. The fourth-order valence-corrected chi connectivity index (χ4v) is 0.810. The molecule has 0 spiro atoms. The molecule has 0 saturated heterocycles. The summed E-state index contributed by atoms with van der Waals surface area (Å²) in [7, 11) is 0. The molecule has 0 bridgehead atoms. The van der Waals surface area contributed by atoms with Crippen LogP contribution in [0.2, 0.25) is 0 Å². The first kappa shape index (κ1) is 11.4. The topological polar surface area (TPSA) is 64.1 Å². The van der Waals surface area contributed by atoms with Crippen LogP contribution in [0.25, 0.3) is 0 Å². The van der Waals surface area contributed by atoms with E-state index in [-0.39, 0.29) is 5.82 Å². The minimum absolute atomic E-state index is 0.0664. The first-order chi connectivity index (χ1) is 6.87. The van der Waals surface area contributed by atoms with Crippen LogP contribution in [0.15, 0.2) is 12.4 Å². The third kappa shape index (κ3) is 4.35. The van der Waals surface area contributed by atoms with Crippen LogP contribution in [-0.4, -0.2) is 21.7 Å². The van der Waals surface area contributed by atoms with Crippen molar-refractivity contribution in [3.05, 3.63) is 18.3 Å². The van der Waals surface area contributed by atoms with Crippen LogP contribution in [0.4, 0.5) is 15.0 Å². The van der Waals surface area contributed by atoms with Gasteiger partial charge in [-0.2, -0.15) is 4.39 Å². The number of carbonyl (C=O) groups is 1. The van der Waals surface area contributed by atoms with E-state index < -0.39 is 17.6 Å². The van der Waals surface area contributed by atoms with Crippen LogP contribution in [0.5, 0.6) is 0 Å². The van der Waals surface area contributed by atoms with Crippen molar-refractivity contribution in [2.24, 2.45) is 0 Å². The van der Waals surface area contributed by atoms with Gasteiger partial charge in [0.1, 0.15) is 17.7 Å². The van der Waals surface area contributed by atoms with Crippen LogP contribution in [0.1, 0.15) is 20.8 Å². The maximum Gasteiger partial charge on any atom is 0.413 e. The molecule has 82 valence electrons. The highest BCUT2D eigenvalue weighted by Gasteiger charge is 2.16. The molecule has 5 nitrogen and oxygen atoms in total. The Morgan fingerprint density at radius 3 is 2.67 bits per heavy atom. The molecule has 0 aliphatic rings. The van der Waals surface area contributed by atoms with Crippen molar-refractivity contribution < 1.29 is 13.9 Å². The predicted molar refractivity (Wildman–Crippen MR) is 51.8 cm³/mol. The second-order valence-electron chi connectivity index (χ2n) is 3.85. The van der Waals surface area contributed by atoms with Crippen molar-refractivity contribution in [2.75, 3.05) is 5.32 Å². The summed E-state index contributed by atoms with van der Waals surface area (Å²) in [5, 5.41) is 2.29. The molecular weight excluding hydrogens is 201 g/mol. The summed E-state index contributed by atoms with van der Waals surface area (Å²) in [6, 6.07) is 1.00. The Labute approximate surface area is 86.7 Å². The van der Waals surface area contributed by atoms with Gasteiger partial charge < -0.3 is 4.74 Å². The van der Waals surface area contributed by atoms with E-state index in [0.717, 1.165) is 12.4 Å². The first-order valence-corrected chi connectivity index (χ1v) is 4.34. The highest BCUT2D eigenvalue weighted by Crippen LogP contribution is 2.09. The van der Waals surface area contributed by atoms with Gasteiger partial charge in [0.15, 0.2) is 0 Å². The van der Waals surface area contributed by atoms with Crippen molar-refractivity contribution in [2.45, 2.75) is 26.4 Å². The van der Waals surface area contributed by atoms with Gasteiger partial charge >= 0.3 is 6.09 Å². The molecule has 1 aromatic heterocycles. The summed E-state index contributed by atoms with van der Waals surface area (Å²) in [4.78, 5) is 18.1. The quantitative estimate of drug-likeness (QED) is 0.724. The lowest BCUT2D eigenvalue weighted by Crippen LogP contribution is -2.27. The van der Waals surface area contributed by atoms with Crippen molar-refractivity contribution in [3.63, 3.8) is 0 Å². The lowest BCUT2D eigenvalue weighted by atomic mass is 10.2. The summed E-state index contributed by atoms with van der Waals surface area (Å²) in [6.07, 6.45) is 0.336. The molecule has 1 amide bonds. The van der Waals surface area contributed by atoms with E-state index in [1.165, 1.54) is 0 Å². The number of anilines is 1. The Morgan fingerprint density at radius 1 is 1.47 bits per heavy atom. The van der Waals surface area contributed by atoms with Crippen molar-refractivity contribution in [1.82, 2.24) is 9.97 Å².